The number of halogens is 1. The number of carbonyl (C=O) groups excluding carboxylic acids is 1. The molecule has 1 aromatic rings. The number of carbonyl (C=O) groups is 1. The molecule has 0 unspecified atom stereocenters. The third-order valence-corrected chi connectivity index (χ3v) is 2.08. The van der Waals surface area contributed by atoms with Gasteiger partial charge in [0.25, 0.3) is 0 Å². The van der Waals surface area contributed by atoms with Crippen molar-refractivity contribution in [3.05, 3.63) is 17.7 Å². The van der Waals surface area contributed by atoms with Crippen LogP contribution in [0.25, 0.3) is 0 Å². The Morgan fingerprint density at radius 2 is 1.71 bits per heavy atom. The van der Waals surface area contributed by atoms with Crippen molar-refractivity contribution in [1.29, 1.82) is 0 Å². The van der Waals surface area contributed by atoms with Gasteiger partial charge in [0.1, 0.15) is 0 Å². The number of benzene rings is 1. The van der Waals surface area contributed by atoms with Gasteiger partial charge in [0.05, 0.1) is 26.9 Å². The Labute approximate surface area is 98.0 Å². The standard InChI is InChI=1S/C11H13FO5/c1-14-8-4-7(11(13)16-3)5-9(15-2)10(8)17-6-12/h4-5H,6H2,1-3H3. The topological polar surface area (TPSA) is 54.0 Å². The zero-order chi connectivity index (χ0) is 12.8. The minimum absolute atomic E-state index is 0.102. The largest absolute Gasteiger partial charge is 0.493 e. The van der Waals surface area contributed by atoms with Crippen LogP contribution in [0.3, 0.4) is 0 Å². The SMILES string of the molecule is COC(=O)c1cc(OC)c(OCF)c(OC)c1. The second-order valence-corrected chi connectivity index (χ2v) is 2.95. The lowest BCUT2D eigenvalue weighted by Gasteiger charge is -2.13. The van der Waals surface area contributed by atoms with Gasteiger partial charge in [0.2, 0.25) is 12.6 Å². The van der Waals surface area contributed by atoms with E-state index in [9.17, 15) is 9.18 Å². The van der Waals surface area contributed by atoms with Crippen molar-refractivity contribution in [3.8, 4) is 17.2 Å². The first-order chi connectivity index (χ1) is 8.17. The van der Waals surface area contributed by atoms with Crippen LogP contribution in [-0.2, 0) is 4.74 Å². The fraction of sp³-hybridized carbons (Fsp3) is 0.364. The van der Waals surface area contributed by atoms with Crippen LogP contribution in [0.5, 0.6) is 17.2 Å². The summed E-state index contributed by atoms with van der Waals surface area (Å²) < 4.78 is 31.5. The zero-order valence-electron chi connectivity index (χ0n) is 9.78. The molecule has 0 bridgehead atoms. The van der Waals surface area contributed by atoms with E-state index in [4.69, 9.17) is 14.2 Å². The normalized spacial score (nSPS) is 9.65. The van der Waals surface area contributed by atoms with E-state index in [2.05, 4.69) is 4.74 Å². The van der Waals surface area contributed by atoms with Crippen molar-refractivity contribution in [2.24, 2.45) is 0 Å². The van der Waals surface area contributed by atoms with Gasteiger partial charge >= 0.3 is 5.97 Å². The van der Waals surface area contributed by atoms with Gasteiger partial charge in [-0.05, 0) is 12.1 Å². The number of methoxy groups -OCH3 is 3. The van der Waals surface area contributed by atoms with Crippen molar-refractivity contribution in [1.82, 2.24) is 0 Å². The summed E-state index contributed by atoms with van der Waals surface area (Å²) in [4.78, 5) is 11.4. The Hall–Kier alpha value is -1.98. The van der Waals surface area contributed by atoms with Crippen LogP contribution in [0.4, 0.5) is 4.39 Å². The molecule has 0 fully saturated rings. The van der Waals surface area contributed by atoms with Crippen molar-refractivity contribution in [2.75, 3.05) is 28.2 Å². The number of hydrogen-bond donors (Lipinski definition) is 0. The Morgan fingerprint density at radius 1 is 1.18 bits per heavy atom. The molecule has 0 aliphatic carbocycles. The van der Waals surface area contributed by atoms with E-state index < -0.39 is 12.8 Å². The van der Waals surface area contributed by atoms with Crippen molar-refractivity contribution >= 4 is 5.97 Å². The molecule has 0 radical (unpaired) electrons. The molecule has 6 heteroatoms. The summed E-state index contributed by atoms with van der Waals surface area (Å²) in [5, 5.41) is 0. The van der Waals surface area contributed by atoms with Crippen LogP contribution in [0.1, 0.15) is 10.4 Å². The fourth-order valence-corrected chi connectivity index (χ4v) is 1.31. The van der Waals surface area contributed by atoms with Gasteiger partial charge in [0.15, 0.2) is 11.5 Å². The molecule has 0 saturated heterocycles. The molecule has 0 spiro atoms. The lowest BCUT2D eigenvalue weighted by molar-refractivity contribution is 0.0599. The summed E-state index contributed by atoms with van der Waals surface area (Å²) in [5.74, 6) is -0.0525. The van der Waals surface area contributed by atoms with Crippen molar-refractivity contribution < 1.29 is 28.1 Å². The van der Waals surface area contributed by atoms with E-state index >= 15 is 0 Å². The molecule has 94 valence electrons. The molecule has 17 heavy (non-hydrogen) atoms. The molecule has 0 aliphatic heterocycles. The predicted molar refractivity (Wildman–Crippen MR) is 57.5 cm³/mol. The average Bonchev–Trinajstić information content (AvgIpc) is 2.38. The van der Waals surface area contributed by atoms with E-state index in [1.54, 1.807) is 0 Å². The second-order valence-electron chi connectivity index (χ2n) is 2.95. The maximum atomic E-state index is 12.2. The van der Waals surface area contributed by atoms with Crippen LogP contribution >= 0.6 is 0 Å². The minimum atomic E-state index is -1.02. The van der Waals surface area contributed by atoms with Crippen molar-refractivity contribution in [2.45, 2.75) is 0 Å². The summed E-state index contributed by atoms with van der Waals surface area (Å²) in [6, 6.07) is 2.78. The van der Waals surface area contributed by atoms with Crippen LogP contribution in [0.15, 0.2) is 12.1 Å². The molecule has 0 saturated carbocycles. The number of hydrogen-bond acceptors (Lipinski definition) is 5. The summed E-state index contributed by atoms with van der Waals surface area (Å²) >= 11 is 0. The lowest BCUT2D eigenvalue weighted by atomic mass is 10.2. The van der Waals surface area contributed by atoms with E-state index in [1.807, 2.05) is 0 Å². The smallest absolute Gasteiger partial charge is 0.338 e. The van der Waals surface area contributed by atoms with Gasteiger partial charge in [-0.1, -0.05) is 0 Å². The number of esters is 1. The highest BCUT2D eigenvalue weighted by Crippen LogP contribution is 2.38. The van der Waals surface area contributed by atoms with Gasteiger partial charge in [-0.25, -0.2) is 9.18 Å². The molecule has 5 nitrogen and oxygen atoms in total. The number of rotatable bonds is 5. The Kier molecular flexibility index (Phi) is 4.56. The third-order valence-electron chi connectivity index (χ3n) is 2.08. The molecule has 0 amide bonds. The second kappa shape index (κ2) is 5.93. The first-order valence-electron chi connectivity index (χ1n) is 4.71. The van der Waals surface area contributed by atoms with E-state index in [0.717, 1.165) is 0 Å². The highest BCUT2D eigenvalue weighted by atomic mass is 19.1. The number of ether oxygens (including phenoxy) is 4. The highest BCUT2D eigenvalue weighted by Gasteiger charge is 2.17. The molecular weight excluding hydrogens is 231 g/mol. The summed E-state index contributed by atoms with van der Waals surface area (Å²) in [5.41, 5.74) is 0.229. The first-order valence-corrected chi connectivity index (χ1v) is 4.71. The Morgan fingerprint density at radius 3 is 2.06 bits per heavy atom. The summed E-state index contributed by atoms with van der Waals surface area (Å²) in [7, 11) is 4.01. The Bertz CT molecular complexity index is 380. The molecular formula is C11H13FO5. The number of alkyl halides is 1. The molecule has 1 aromatic carbocycles. The predicted octanol–water partition coefficient (Wildman–Crippen LogP) is 1.80. The molecule has 1 rings (SSSR count). The Balaban J connectivity index is 3.28. The van der Waals surface area contributed by atoms with Crippen LogP contribution in [0, 0.1) is 0 Å². The minimum Gasteiger partial charge on any atom is -0.493 e. The molecule has 0 aromatic heterocycles. The average molecular weight is 244 g/mol. The van der Waals surface area contributed by atoms with E-state index in [0.29, 0.717) is 0 Å². The fourth-order valence-electron chi connectivity index (χ4n) is 1.31. The molecule has 0 aliphatic rings. The van der Waals surface area contributed by atoms with E-state index in [1.165, 1.54) is 33.5 Å². The maximum absolute atomic E-state index is 12.2. The summed E-state index contributed by atoms with van der Waals surface area (Å²) in [6.45, 7) is -1.02. The first kappa shape index (κ1) is 13.1. The van der Waals surface area contributed by atoms with Gasteiger partial charge in [-0.3, -0.25) is 0 Å². The molecule has 0 N–H and O–H groups in total. The maximum Gasteiger partial charge on any atom is 0.338 e. The van der Waals surface area contributed by atoms with E-state index in [-0.39, 0.29) is 22.8 Å². The van der Waals surface area contributed by atoms with Crippen LogP contribution in [-0.4, -0.2) is 34.2 Å². The molecule has 0 atom stereocenters. The van der Waals surface area contributed by atoms with Crippen molar-refractivity contribution in [3.63, 3.8) is 0 Å². The highest BCUT2D eigenvalue weighted by molar-refractivity contribution is 5.91. The van der Waals surface area contributed by atoms with Gasteiger partial charge in [0, 0.05) is 0 Å². The quantitative estimate of drug-likeness (QED) is 0.739. The van der Waals surface area contributed by atoms with Crippen LogP contribution in [0.2, 0.25) is 0 Å². The third kappa shape index (κ3) is 2.77. The van der Waals surface area contributed by atoms with Gasteiger partial charge in [-0.15, -0.1) is 0 Å². The van der Waals surface area contributed by atoms with Crippen LogP contribution < -0.4 is 14.2 Å². The zero-order valence-corrected chi connectivity index (χ0v) is 9.78. The summed E-state index contributed by atoms with van der Waals surface area (Å²) in [6.07, 6.45) is 0. The lowest BCUT2D eigenvalue weighted by Crippen LogP contribution is -2.04. The van der Waals surface area contributed by atoms with Gasteiger partial charge < -0.3 is 18.9 Å². The molecule has 0 heterocycles. The monoisotopic (exact) mass is 244 g/mol. The van der Waals surface area contributed by atoms with Gasteiger partial charge in [-0.2, -0.15) is 0 Å².